The second-order valence-corrected chi connectivity index (χ2v) is 5.20. The van der Waals surface area contributed by atoms with Gasteiger partial charge >= 0.3 is 5.97 Å². The van der Waals surface area contributed by atoms with Gasteiger partial charge in [0.1, 0.15) is 0 Å². The van der Waals surface area contributed by atoms with Gasteiger partial charge in [0.15, 0.2) is 11.5 Å². The number of carboxylic acid groups (broad SMARTS) is 1. The SMILES string of the molecule is COc1ccc([C@@](C#N)(CCC(=O)O)C(C)C)cc1OC. The van der Waals surface area contributed by atoms with E-state index in [0.717, 1.165) is 5.56 Å². The van der Waals surface area contributed by atoms with E-state index in [1.165, 1.54) is 7.11 Å². The highest BCUT2D eigenvalue weighted by molar-refractivity contribution is 5.67. The topological polar surface area (TPSA) is 79.5 Å². The molecule has 0 aliphatic heterocycles. The van der Waals surface area contributed by atoms with Crippen molar-refractivity contribution < 1.29 is 19.4 Å². The van der Waals surface area contributed by atoms with Gasteiger partial charge in [-0.3, -0.25) is 4.79 Å². The molecule has 5 heteroatoms. The molecule has 0 aliphatic rings. The molecule has 0 unspecified atom stereocenters. The predicted molar refractivity (Wildman–Crippen MR) is 78.5 cm³/mol. The summed E-state index contributed by atoms with van der Waals surface area (Å²) in [4.78, 5) is 10.9. The number of methoxy groups -OCH3 is 2. The van der Waals surface area contributed by atoms with Gasteiger partial charge in [0.25, 0.3) is 0 Å². The molecule has 0 amide bonds. The van der Waals surface area contributed by atoms with Crippen LogP contribution >= 0.6 is 0 Å². The van der Waals surface area contributed by atoms with Crippen LogP contribution in [-0.2, 0) is 10.2 Å². The van der Waals surface area contributed by atoms with Gasteiger partial charge in [0, 0.05) is 6.42 Å². The zero-order chi connectivity index (χ0) is 16.0. The molecular weight excluding hydrogens is 270 g/mol. The number of ether oxygens (including phenoxy) is 2. The summed E-state index contributed by atoms with van der Waals surface area (Å²) in [6.45, 7) is 3.84. The van der Waals surface area contributed by atoms with E-state index in [1.54, 1.807) is 25.3 Å². The van der Waals surface area contributed by atoms with Crippen LogP contribution in [0.4, 0.5) is 0 Å². The minimum atomic E-state index is -0.907. The fourth-order valence-electron chi connectivity index (χ4n) is 2.43. The van der Waals surface area contributed by atoms with Crippen LogP contribution in [0, 0.1) is 17.2 Å². The quantitative estimate of drug-likeness (QED) is 0.835. The van der Waals surface area contributed by atoms with Gasteiger partial charge in [0.05, 0.1) is 25.7 Å². The van der Waals surface area contributed by atoms with Crippen LogP contribution in [-0.4, -0.2) is 25.3 Å². The van der Waals surface area contributed by atoms with Crippen LogP contribution < -0.4 is 9.47 Å². The Balaban J connectivity index is 3.32. The number of carboxylic acids is 1. The molecule has 0 fully saturated rings. The summed E-state index contributed by atoms with van der Waals surface area (Å²) in [7, 11) is 3.07. The fraction of sp³-hybridized carbons (Fsp3) is 0.500. The first-order valence-corrected chi connectivity index (χ1v) is 6.76. The number of benzene rings is 1. The van der Waals surface area contributed by atoms with Crippen LogP contribution in [0.3, 0.4) is 0 Å². The molecule has 1 atom stereocenters. The summed E-state index contributed by atoms with van der Waals surface area (Å²) >= 11 is 0. The molecule has 114 valence electrons. The van der Waals surface area contributed by atoms with E-state index >= 15 is 0 Å². The monoisotopic (exact) mass is 291 g/mol. The summed E-state index contributed by atoms with van der Waals surface area (Å²) in [5, 5.41) is 18.6. The van der Waals surface area contributed by atoms with E-state index in [2.05, 4.69) is 6.07 Å². The normalized spacial score (nSPS) is 13.3. The zero-order valence-electron chi connectivity index (χ0n) is 12.8. The third-order valence-corrected chi connectivity index (χ3v) is 3.82. The molecule has 0 aromatic heterocycles. The van der Waals surface area contributed by atoms with E-state index in [1.807, 2.05) is 13.8 Å². The zero-order valence-corrected chi connectivity index (χ0v) is 12.8. The van der Waals surface area contributed by atoms with Crippen LogP contribution in [0.15, 0.2) is 18.2 Å². The van der Waals surface area contributed by atoms with Crippen molar-refractivity contribution in [3.63, 3.8) is 0 Å². The first-order chi connectivity index (χ1) is 9.91. The minimum absolute atomic E-state index is 0.0278. The molecule has 1 N–H and O–H groups in total. The van der Waals surface area contributed by atoms with Crippen molar-refractivity contribution in [3.05, 3.63) is 23.8 Å². The maximum Gasteiger partial charge on any atom is 0.303 e. The average molecular weight is 291 g/mol. The third kappa shape index (κ3) is 3.46. The van der Waals surface area contributed by atoms with Gasteiger partial charge in [-0.15, -0.1) is 0 Å². The summed E-state index contributed by atoms with van der Waals surface area (Å²) in [6.07, 6.45) is 0.200. The Kier molecular flexibility index (Phi) is 5.60. The first kappa shape index (κ1) is 16.8. The Morgan fingerprint density at radius 2 is 1.95 bits per heavy atom. The molecule has 5 nitrogen and oxygen atoms in total. The number of hydrogen-bond donors (Lipinski definition) is 1. The number of carbonyl (C=O) groups is 1. The summed E-state index contributed by atoms with van der Waals surface area (Å²) in [5.41, 5.74) is -0.114. The van der Waals surface area contributed by atoms with Crippen molar-refractivity contribution in [1.82, 2.24) is 0 Å². The third-order valence-electron chi connectivity index (χ3n) is 3.82. The van der Waals surface area contributed by atoms with E-state index in [-0.39, 0.29) is 18.8 Å². The van der Waals surface area contributed by atoms with Crippen molar-refractivity contribution in [3.8, 4) is 17.6 Å². The average Bonchev–Trinajstić information content (AvgIpc) is 2.47. The Morgan fingerprint density at radius 3 is 2.38 bits per heavy atom. The van der Waals surface area contributed by atoms with Crippen LogP contribution in [0.1, 0.15) is 32.3 Å². The summed E-state index contributed by atoms with van der Waals surface area (Å²) < 4.78 is 10.5. The Labute approximate surface area is 125 Å². The molecule has 1 rings (SSSR count). The summed E-state index contributed by atoms with van der Waals surface area (Å²) in [5.74, 6) is 0.177. The van der Waals surface area contributed by atoms with Crippen LogP contribution in [0.5, 0.6) is 11.5 Å². The van der Waals surface area contributed by atoms with Gasteiger partial charge in [0.2, 0.25) is 0 Å². The van der Waals surface area contributed by atoms with Crippen LogP contribution in [0.25, 0.3) is 0 Å². The first-order valence-electron chi connectivity index (χ1n) is 6.76. The maximum absolute atomic E-state index is 10.9. The second-order valence-electron chi connectivity index (χ2n) is 5.20. The van der Waals surface area contributed by atoms with Crippen molar-refractivity contribution in [2.75, 3.05) is 14.2 Å². The predicted octanol–water partition coefficient (Wildman–Crippen LogP) is 2.99. The second kappa shape index (κ2) is 6.98. The minimum Gasteiger partial charge on any atom is -0.493 e. The number of hydrogen-bond acceptors (Lipinski definition) is 4. The smallest absolute Gasteiger partial charge is 0.303 e. The molecule has 0 spiro atoms. The molecule has 0 bridgehead atoms. The van der Waals surface area contributed by atoms with Gasteiger partial charge in [-0.05, 0) is 30.0 Å². The lowest BCUT2D eigenvalue weighted by Gasteiger charge is -2.31. The lowest BCUT2D eigenvalue weighted by Crippen LogP contribution is -2.31. The highest BCUT2D eigenvalue weighted by Gasteiger charge is 2.37. The van der Waals surface area contributed by atoms with Crippen molar-refractivity contribution in [2.45, 2.75) is 32.1 Å². The van der Waals surface area contributed by atoms with Crippen LogP contribution in [0.2, 0.25) is 0 Å². The molecule has 0 saturated heterocycles. The Hall–Kier alpha value is -2.22. The van der Waals surface area contributed by atoms with Gasteiger partial charge in [-0.2, -0.15) is 5.26 Å². The number of nitriles is 1. The van der Waals surface area contributed by atoms with Gasteiger partial charge in [-0.1, -0.05) is 19.9 Å². The van der Waals surface area contributed by atoms with Gasteiger partial charge in [-0.25, -0.2) is 0 Å². The maximum atomic E-state index is 10.9. The standard InChI is InChI=1S/C16H21NO4/c1-11(2)16(10-17,8-7-15(18)19)12-5-6-13(20-3)14(9-12)21-4/h5-6,9,11H,7-8H2,1-4H3,(H,18,19)/t16-/m1/s1. The molecule has 0 saturated carbocycles. The molecule has 0 radical (unpaired) electrons. The molecule has 21 heavy (non-hydrogen) atoms. The fourth-order valence-corrected chi connectivity index (χ4v) is 2.43. The molecule has 1 aromatic rings. The number of nitrogens with zero attached hydrogens (tertiary/aromatic N) is 1. The molecule has 0 aliphatic carbocycles. The Bertz CT molecular complexity index is 548. The lowest BCUT2D eigenvalue weighted by atomic mass is 9.70. The van der Waals surface area contributed by atoms with E-state index in [4.69, 9.17) is 14.6 Å². The number of rotatable bonds is 7. The van der Waals surface area contributed by atoms with Gasteiger partial charge < -0.3 is 14.6 Å². The lowest BCUT2D eigenvalue weighted by molar-refractivity contribution is -0.137. The molecular formula is C16H21NO4. The van der Waals surface area contributed by atoms with Crippen molar-refractivity contribution >= 4 is 5.97 Å². The number of aliphatic carboxylic acids is 1. The molecule has 1 aromatic carbocycles. The Morgan fingerprint density at radius 1 is 1.33 bits per heavy atom. The highest BCUT2D eigenvalue weighted by atomic mass is 16.5. The molecule has 0 heterocycles. The highest BCUT2D eigenvalue weighted by Crippen LogP contribution is 2.40. The van der Waals surface area contributed by atoms with E-state index < -0.39 is 11.4 Å². The van der Waals surface area contributed by atoms with Crippen molar-refractivity contribution in [2.24, 2.45) is 5.92 Å². The summed E-state index contributed by atoms with van der Waals surface area (Å²) in [6, 6.07) is 7.61. The van der Waals surface area contributed by atoms with E-state index in [9.17, 15) is 10.1 Å². The largest absolute Gasteiger partial charge is 0.493 e. The van der Waals surface area contributed by atoms with Crippen molar-refractivity contribution in [1.29, 1.82) is 5.26 Å². The van der Waals surface area contributed by atoms with E-state index in [0.29, 0.717) is 11.5 Å².